The first kappa shape index (κ1) is 23.9. The summed E-state index contributed by atoms with van der Waals surface area (Å²) in [7, 11) is -3.62. The van der Waals surface area contributed by atoms with Gasteiger partial charge in [0, 0.05) is 25.7 Å². The molecule has 0 saturated carbocycles. The van der Waals surface area contributed by atoms with Crippen molar-refractivity contribution in [2.45, 2.75) is 50.1 Å². The van der Waals surface area contributed by atoms with Crippen LogP contribution in [0.3, 0.4) is 0 Å². The molecule has 0 bridgehead atoms. The van der Waals surface area contributed by atoms with Gasteiger partial charge in [0.25, 0.3) is 0 Å². The van der Waals surface area contributed by atoms with Crippen LogP contribution in [-0.2, 0) is 26.2 Å². The molecule has 32 heavy (non-hydrogen) atoms. The number of aryl methyl sites for hydroxylation is 1. The van der Waals surface area contributed by atoms with Gasteiger partial charge in [-0.3, -0.25) is 9.59 Å². The number of halogens is 1. The number of carbonyl (C=O) groups is 2. The zero-order valence-electron chi connectivity index (χ0n) is 18.0. The maximum atomic E-state index is 13.1. The van der Waals surface area contributed by atoms with Crippen molar-refractivity contribution in [3.8, 4) is 0 Å². The second-order valence-corrected chi connectivity index (χ2v) is 9.82. The fourth-order valence-electron chi connectivity index (χ4n) is 3.72. The summed E-state index contributed by atoms with van der Waals surface area (Å²) in [5, 5.41) is 5.05. The molecule has 1 fully saturated rings. The molecule has 1 saturated heterocycles. The number of nitrogens with one attached hydrogen (secondary N) is 2. The van der Waals surface area contributed by atoms with Gasteiger partial charge in [0.1, 0.15) is 5.82 Å². The van der Waals surface area contributed by atoms with E-state index < -0.39 is 21.8 Å². The number of hydrogen-bond donors (Lipinski definition) is 2. The third-order valence-corrected chi connectivity index (χ3v) is 7.50. The summed E-state index contributed by atoms with van der Waals surface area (Å²) in [6, 6.07) is 12.2. The number of nitrogens with zero attached hydrogens (tertiary/aromatic N) is 1. The highest BCUT2D eigenvalue weighted by molar-refractivity contribution is 7.89. The van der Waals surface area contributed by atoms with Crippen LogP contribution in [0, 0.1) is 12.7 Å². The standard InChI is InChI=1S/C23H28FN3O4S/c1-17-5-11-21(12-6-17)32(30,31)27-15-3-2-4-20(27)13-14-25-22(28)23(29)26-16-18-7-9-19(24)10-8-18/h5-12,20H,2-4,13-16H2,1H3,(H,25,28)(H,26,29)/t20-/m1/s1. The predicted octanol–water partition coefficient (Wildman–Crippen LogP) is 2.50. The van der Waals surface area contributed by atoms with Crippen molar-refractivity contribution in [1.29, 1.82) is 0 Å². The maximum absolute atomic E-state index is 13.1. The van der Waals surface area contributed by atoms with Crippen LogP contribution in [-0.4, -0.2) is 43.7 Å². The molecule has 2 amide bonds. The van der Waals surface area contributed by atoms with E-state index in [1.165, 1.54) is 28.6 Å². The molecule has 1 aliphatic heterocycles. The lowest BCUT2D eigenvalue weighted by atomic mass is 10.0. The van der Waals surface area contributed by atoms with E-state index in [1.807, 2.05) is 6.92 Å². The first-order valence-corrected chi connectivity index (χ1v) is 12.1. The van der Waals surface area contributed by atoms with Crippen molar-refractivity contribution in [3.05, 3.63) is 65.5 Å². The topological polar surface area (TPSA) is 95.6 Å². The molecule has 9 heteroatoms. The normalized spacial score (nSPS) is 17.0. The Labute approximate surface area is 188 Å². The van der Waals surface area contributed by atoms with Crippen molar-refractivity contribution in [3.63, 3.8) is 0 Å². The molecule has 2 aromatic carbocycles. The number of hydrogen-bond acceptors (Lipinski definition) is 4. The summed E-state index contributed by atoms with van der Waals surface area (Å²) in [5.74, 6) is -1.95. The van der Waals surface area contributed by atoms with E-state index in [0.29, 0.717) is 24.9 Å². The van der Waals surface area contributed by atoms with Crippen LogP contribution in [0.4, 0.5) is 4.39 Å². The quantitative estimate of drug-likeness (QED) is 0.620. The third kappa shape index (κ3) is 6.14. The van der Waals surface area contributed by atoms with Gasteiger partial charge in [-0.25, -0.2) is 12.8 Å². The van der Waals surface area contributed by atoms with Crippen LogP contribution in [0.2, 0.25) is 0 Å². The summed E-state index contributed by atoms with van der Waals surface area (Å²) >= 11 is 0. The summed E-state index contributed by atoms with van der Waals surface area (Å²) in [5.41, 5.74) is 1.66. The Kier molecular flexibility index (Phi) is 7.98. The van der Waals surface area contributed by atoms with Gasteiger partial charge >= 0.3 is 11.8 Å². The molecule has 0 spiro atoms. The molecule has 7 nitrogen and oxygen atoms in total. The molecule has 1 heterocycles. The summed E-state index contributed by atoms with van der Waals surface area (Å²) in [6.07, 6.45) is 2.83. The second-order valence-electron chi connectivity index (χ2n) is 7.93. The van der Waals surface area contributed by atoms with Gasteiger partial charge in [0.15, 0.2) is 0 Å². The second kappa shape index (κ2) is 10.7. The first-order chi connectivity index (χ1) is 15.3. The molecule has 172 valence electrons. The molecular formula is C23H28FN3O4S. The molecule has 1 aliphatic rings. The molecule has 2 N–H and O–H groups in total. The number of piperidine rings is 1. The SMILES string of the molecule is Cc1ccc(S(=O)(=O)N2CCCC[C@@H]2CCNC(=O)C(=O)NCc2ccc(F)cc2)cc1. The van der Waals surface area contributed by atoms with Crippen molar-refractivity contribution in [2.75, 3.05) is 13.1 Å². The molecule has 1 atom stereocenters. The van der Waals surface area contributed by atoms with E-state index in [2.05, 4.69) is 10.6 Å². The van der Waals surface area contributed by atoms with Crippen molar-refractivity contribution < 1.29 is 22.4 Å². The third-order valence-electron chi connectivity index (χ3n) is 5.54. The Hall–Kier alpha value is -2.78. The zero-order chi connectivity index (χ0) is 23.1. The van der Waals surface area contributed by atoms with Gasteiger partial charge in [-0.05, 0) is 56.0 Å². The average molecular weight is 462 g/mol. The molecule has 0 aromatic heterocycles. The molecule has 0 aliphatic carbocycles. The van der Waals surface area contributed by atoms with Gasteiger partial charge < -0.3 is 10.6 Å². The Balaban J connectivity index is 1.51. The lowest BCUT2D eigenvalue weighted by molar-refractivity contribution is -0.139. The summed E-state index contributed by atoms with van der Waals surface area (Å²) in [6.45, 7) is 2.64. The summed E-state index contributed by atoms with van der Waals surface area (Å²) in [4.78, 5) is 24.3. The number of sulfonamides is 1. The number of carbonyl (C=O) groups excluding carboxylic acids is 2. The fraction of sp³-hybridized carbons (Fsp3) is 0.391. The first-order valence-electron chi connectivity index (χ1n) is 10.7. The van der Waals surface area contributed by atoms with Gasteiger partial charge in [-0.1, -0.05) is 36.2 Å². The van der Waals surface area contributed by atoms with Gasteiger partial charge in [-0.15, -0.1) is 0 Å². The monoisotopic (exact) mass is 461 g/mol. The molecule has 0 unspecified atom stereocenters. The van der Waals surface area contributed by atoms with Crippen LogP contribution in [0.15, 0.2) is 53.4 Å². The van der Waals surface area contributed by atoms with Crippen molar-refractivity contribution >= 4 is 21.8 Å². The Bertz CT molecular complexity index is 1040. The van der Waals surface area contributed by atoms with Crippen LogP contribution in [0.5, 0.6) is 0 Å². The minimum atomic E-state index is -3.62. The largest absolute Gasteiger partial charge is 0.348 e. The van der Waals surface area contributed by atoms with Crippen molar-refractivity contribution in [2.24, 2.45) is 0 Å². The number of rotatable bonds is 7. The smallest absolute Gasteiger partial charge is 0.309 e. The van der Waals surface area contributed by atoms with E-state index in [1.54, 1.807) is 24.3 Å². The number of amides is 2. The molecule has 0 radical (unpaired) electrons. The molecular weight excluding hydrogens is 433 g/mol. The lowest BCUT2D eigenvalue weighted by Crippen LogP contribution is -2.46. The Morgan fingerprint density at radius 1 is 1.00 bits per heavy atom. The van der Waals surface area contributed by atoms with Crippen LogP contribution >= 0.6 is 0 Å². The van der Waals surface area contributed by atoms with E-state index in [4.69, 9.17) is 0 Å². The fourth-order valence-corrected chi connectivity index (χ4v) is 5.45. The van der Waals surface area contributed by atoms with Crippen molar-refractivity contribution in [1.82, 2.24) is 14.9 Å². The van der Waals surface area contributed by atoms with Crippen LogP contribution in [0.25, 0.3) is 0 Å². The van der Waals surface area contributed by atoms with Gasteiger partial charge in [0.2, 0.25) is 10.0 Å². The molecule has 2 aromatic rings. The lowest BCUT2D eigenvalue weighted by Gasteiger charge is -2.34. The maximum Gasteiger partial charge on any atom is 0.309 e. The number of benzene rings is 2. The van der Waals surface area contributed by atoms with E-state index >= 15 is 0 Å². The van der Waals surface area contributed by atoms with E-state index in [9.17, 15) is 22.4 Å². The van der Waals surface area contributed by atoms with Crippen LogP contribution in [0.1, 0.15) is 36.8 Å². The summed E-state index contributed by atoms with van der Waals surface area (Å²) < 4.78 is 40.7. The average Bonchev–Trinajstić information content (AvgIpc) is 2.79. The van der Waals surface area contributed by atoms with Crippen LogP contribution < -0.4 is 10.6 Å². The Morgan fingerprint density at radius 2 is 1.66 bits per heavy atom. The van der Waals surface area contributed by atoms with Gasteiger partial charge in [0.05, 0.1) is 4.90 Å². The minimum Gasteiger partial charge on any atom is -0.348 e. The highest BCUT2D eigenvalue weighted by atomic mass is 32.2. The highest BCUT2D eigenvalue weighted by Crippen LogP contribution is 2.27. The van der Waals surface area contributed by atoms with E-state index in [-0.39, 0.29) is 29.8 Å². The highest BCUT2D eigenvalue weighted by Gasteiger charge is 2.33. The predicted molar refractivity (Wildman–Crippen MR) is 119 cm³/mol. The minimum absolute atomic E-state index is 0.109. The Morgan fingerprint density at radius 3 is 2.34 bits per heavy atom. The zero-order valence-corrected chi connectivity index (χ0v) is 18.8. The van der Waals surface area contributed by atoms with Gasteiger partial charge in [-0.2, -0.15) is 4.31 Å². The molecule has 3 rings (SSSR count). The van der Waals surface area contributed by atoms with E-state index in [0.717, 1.165) is 18.4 Å².